The van der Waals surface area contributed by atoms with E-state index in [1.165, 1.54) is 12.1 Å². The minimum absolute atomic E-state index is 0.00516. The van der Waals surface area contributed by atoms with Crippen molar-refractivity contribution in [2.24, 2.45) is 0 Å². The van der Waals surface area contributed by atoms with E-state index in [0.29, 0.717) is 64.2 Å². The lowest BCUT2D eigenvalue weighted by Gasteiger charge is -2.38. The molecule has 1 aromatic carbocycles. The third-order valence-electron chi connectivity index (χ3n) is 7.92. The SMILES string of the molecule is CC(=O)N1CCc2nc(N3CCC(Oc4ccc(F)cc4F)CC3)c(-c3cnn(C4CN(C(C)=O)C4)c3)nc2C1. The Labute approximate surface area is 230 Å². The molecular formula is C28H31F2N7O3. The average molecular weight is 552 g/mol. The number of halogens is 2. The number of anilines is 1. The summed E-state index contributed by atoms with van der Waals surface area (Å²) in [5, 5.41) is 4.57. The summed E-state index contributed by atoms with van der Waals surface area (Å²) in [6.45, 7) is 6.62. The lowest BCUT2D eigenvalue weighted by atomic mass is 10.1. The van der Waals surface area contributed by atoms with Gasteiger partial charge < -0.3 is 19.4 Å². The molecular weight excluding hydrogens is 520 g/mol. The molecule has 0 spiro atoms. The number of amides is 2. The average Bonchev–Trinajstić information content (AvgIpc) is 3.38. The van der Waals surface area contributed by atoms with Crippen LogP contribution in [0.4, 0.5) is 14.6 Å². The third kappa shape index (κ3) is 5.09. The van der Waals surface area contributed by atoms with Crippen LogP contribution in [0.3, 0.4) is 0 Å². The molecule has 6 rings (SSSR count). The van der Waals surface area contributed by atoms with Crippen LogP contribution in [-0.4, -0.2) is 80.2 Å². The van der Waals surface area contributed by atoms with Crippen LogP contribution in [0.5, 0.6) is 5.75 Å². The second kappa shape index (κ2) is 10.5. The van der Waals surface area contributed by atoms with Crippen LogP contribution < -0.4 is 9.64 Å². The van der Waals surface area contributed by atoms with Gasteiger partial charge in [0, 0.05) is 83.7 Å². The first-order valence-corrected chi connectivity index (χ1v) is 13.6. The fraction of sp³-hybridized carbons (Fsp3) is 0.464. The summed E-state index contributed by atoms with van der Waals surface area (Å²) < 4.78 is 35.1. The van der Waals surface area contributed by atoms with Crippen molar-refractivity contribution in [2.75, 3.05) is 37.6 Å². The Morgan fingerprint density at radius 2 is 1.73 bits per heavy atom. The number of carbonyl (C=O) groups excluding carboxylic acids is 2. The number of benzene rings is 1. The van der Waals surface area contributed by atoms with E-state index in [2.05, 4.69) is 10.00 Å². The van der Waals surface area contributed by atoms with Crippen molar-refractivity contribution in [1.29, 1.82) is 0 Å². The van der Waals surface area contributed by atoms with Crippen LogP contribution in [0.2, 0.25) is 0 Å². The molecule has 3 aliphatic rings. The molecule has 2 saturated heterocycles. The van der Waals surface area contributed by atoms with Crippen LogP contribution in [-0.2, 0) is 22.6 Å². The topological polar surface area (TPSA) is 96.7 Å². The molecule has 2 aromatic heterocycles. The number of carbonyl (C=O) groups is 2. The molecule has 12 heteroatoms. The largest absolute Gasteiger partial charge is 0.487 e. The van der Waals surface area contributed by atoms with Gasteiger partial charge >= 0.3 is 0 Å². The van der Waals surface area contributed by atoms with E-state index in [-0.39, 0.29) is 29.7 Å². The van der Waals surface area contributed by atoms with Crippen LogP contribution in [0, 0.1) is 11.6 Å². The number of likely N-dealkylation sites (tertiary alicyclic amines) is 1. The van der Waals surface area contributed by atoms with Crippen LogP contribution >= 0.6 is 0 Å². The van der Waals surface area contributed by atoms with Crippen molar-refractivity contribution in [2.45, 2.75) is 51.8 Å². The van der Waals surface area contributed by atoms with Gasteiger partial charge in [0.25, 0.3) is 0 Å². The molecule has 0 unspecified atom stereocenters. The number of fused-ring (bicyclic) bond motifs is 1. The summed E-state index contributed by atoms with van der Waals surface area (Å²) in [7, 11) is 0. The normalized spacial score (nSPS) is 17.9. The van der Waals surface area contributed by atoms with Gasteiger partial charge in [-0.15, -0.1) is 0 Å². The first-order chi connectivity index (χ1) is 19.2. The van der Waals surface area contributed by atoms with Gasteiger partial charge in [-0.05, 0) is 12.1 Å². The maximum absolute atomic E-state index is 14.1. The number of hydrogen-bond donors (Lipinski definition) is 0. The minimum Gasteiger partial charge on any atom is -0.487 e. The molecule has 10 nitrogen and oxygen atoms in total. The Hall–Kier alpha value is -4.09. The minimum atomic E-state index is -0.709. The fourth-order valence-electron chi connectivity index (χ4n) is 5.48. The van der Waals surface area contributed by atoms with E-state index in [4.69, 9.17) is 14.7 Å². The van der Waals surface area contributed by atoms with Crippen molar-refractivity contribution < 1.29 is 23.1 Å². The molecule has 0 N–H and O–H groups in total. The molecule has 2 fully saturated rings. The fourth-order valence-corrected chi connectivity index (χ4v) is 5.48. The first kappa shape index (κ1) is 26.1. The van der Waals surface area contributed by atoms with Gasteiger partial charge in [0.15, 0.2) is 17.4 Å². The Morgan fingerprint density at radius 3 is 2.42 bits per heavy atom. The van der Waals surface area contributed by atoms with Gasteiger partial charge in [-0.3, -0.25) is 14.3 Å². The van der Waals surface area contributed by atoms with Crippen molar-refractivity contribution in [3.05, 3.63) is 53.6 Å². The maximum Gasteiger partial charge on any atom is 0.219 e. The molecule has 0 bridgehead atoms. The molecule has 0 aliphatic carbocycles. The summed E-state index contributed by atoms with van der Waals surface area (Å²) in [5.74, 6) is -0.487. The van der Waals surface area contributed by atoms with Crippen LogP contribution in [0.15, 0.2) is 30.6 Å². The third-order valence-corrected chi connectivity index (χ3v) is 7.92. The molecule has 3 aromatic rings. The Morgan fingerprint density at radius 1 is 0.975 bits per heavy atom. The monoisotopic (exact) mass is 551 g/mol. The Balaban J connectivity index is 1.24. The molecule has 0 saturated carbocycles. The lowest BCUT2D eigenvalue weighted by Crippen LogP contribution is -2.49. The van der Waals surface area contributed by atoms with E-state index in [9.17, 15) is 18.4 Å². The van der Waals surface area contributed by atoms with Gasteiger partial charge in [-0.1, -0.05) is 0 Å². The van der Waals surface area contributed by atoms with Crippen molar-refractivity contribution >= 4 is 17.6 Å². The van der Waals surface area contributed by atoms with Crippen molar-refractivity contribution in [3.8, 4) is 17.0 Å². The van der Waals surface area contributed by atoms with Crippen LogP contribution in [0.25, 0.3) is 11.3 Å². The van der Waals surface area contributed by atoms with E-state index >= 15 is 0 Å². The standard InChI is InChI=1S/C28H31F2N7O3/c1-17(38)35-10-7-24-25(16-35)32-27(19-12-31-37(13-19)21-14-36(15-21)18(2)39)28(33-24)34-8-5-22(6-9-34)40-26-4-3-20(29)11-23(26)30/h3-4,11-13,21-22H,5-10,14-16H2,1-2H3. The smallest absolute Gasteiger partial charge is 0.219 e. The van der Waals surface area contributed by atoms with Gasteiger partial charge in [0.1, 0.15) is 17.6 Å². The molecule has 5 heterocycles. The molecule has 0 radical (unpaired) electrons. The molecule has 210 valence electrons. The number of rotatable bonds is 5. The van der Waals surface area contributed by atoms with E-state index in [0.717, 1.165) is 28.8 Å². The number of aromatic nitrogens is 4. The Bertz CT molecular complexity index is 1450. The highest BCUT2D eigenvalue weighted by Gasteiger charge is 2.32. The molecule has 3 aliphatic heterocycles. The van der Waals surface area contributed by atoms with Crippen molar-refractivity contribution in [3.63, 3.8) is 0 Å². The predicted octanol–water partition coefficient (Wildman–Crippen LogP) is 2.97. The molecule has 2 amide bonds. The zero-order chi connectivity index (χ0) is 28.0. The van der Waals surface area contributed by atoms with Gasteiger partial charge in [0.2, 0.25) is 11.8 Å². The second-order valence-electron chi connectivity index (χ2n) is 10.6. The summed E-state index contributed by atoms with van der Waals surface area (Å²) in [6, 6.07) is 3.45. The zero-order valence-corrected chi connectivity index (χ0v) is 22.5. The number of hydrogen-bond acceptors (Lipinski definition) is 7. The summed E-state index contributed by atoms with van der Waals surface area (Å²) in [4.78, 5) is 39.5. The van der Waals surface area contributed by atoms with E-state index < -0.39 is 11.6 Å². The number of nitrogens with zero attached hydrogens (tertiary/aromatic N) is 7. The lowest BCUT2D eigenvalue weighted by molar-refractivity contribution is -0.134. The van der Waals surface area contributed by atoms with Crippen molar-refractivity contribution in [1.82, 2.24) is 29.5 Å². The van der Waals surface area contributed by atoms with Gasteiger partial charge in [-0.25, -0.2) is 18.7 Å². The highest BCUT2D eigenvalue weighted by Crippen LogP contribution is 2.34. The van der Waals surface area contributed by atoms with Crippen LogP contribution in [0.1, 0.15) is 44.1 Å². The van der Waals surface area contributed by atoms with E-state index in [1.54, 1.807) is 29.8 Å². The van der Waals surface area contributed by atoms with Gasteiger partial charge in [-0.2, -0.15) is 5.10 Å². The number of piperidine rings is 1. The predicted molar refractivity (Wildman–Crippen MR) is 142 cm³/mol. The van der Waals surface area contributed by atoms with E-state index in [1.807, 2.05) is 10.9 Å². The van der Waals surface area contributed by atoms with Gasteiger partial charge in [0.05, 0.1) is 30.2 Å². The summed E-state index contributed by atoms with van der Waals surface area (Å²) in [6.07, 6.45) is 5.40. The number of ether oxygens (including phenoxy) is 1. The summed E-state index contributed by atoms with van der Waals surface area (Å²) >= 11 is 0. The highest BCUT2D eigenvalue weighted by atomic mass is 19.1. The quantitative estimate of drug-likeness (QED) is 0.481. The highest BCUT2D eigenvalue weighted by molar-refractivity contribution is 5.75. The molecule has 40 heavy (non-hydrogen) atoms. The second-order valence-corrected chi connectivity index (χ2v) is 10.6. The maximum atomic E-state index is 14.1. The Kier molecular flexibility index (Phi) is 6.85. The first-order valence-electron chi connectivity index (χ1n) is 13.6. The molecule has 0 atom stereocenters. The zero-order valence-electron chi connectivity index (χ0n) is 22.5. The summed E-state index contributed by atoms with van der Waals surface area (Å²) in [5.41, 5.74) is 3.18.